The van der Waals surface area contributed by atoms with Crippen molar-refractivity contribution in [2.75, 3.05) is 0 Å². The van der Waals surface area contributed by atoms with Crippen molar-refractivity contribution in [2.24, 2.45) is 5.92 Å². The Hall–Kier alpha value is -0.830. The molecule has 0 aliphatic heterocycles. The molecule has 0 fully saturated rings. The third-order valence-electron chi connectivity index (χ3n) is 1.37. The molecule has 2 atom stereocenters. The number of rotatable bonds is 4. The van der Waals surface area contributed by atoms with Gasteiger partial charge in [0, 0.05) is 0 Å². The van der Waals surface area contributed by atoms with Gasteiger partial charge in [-0.25, -0.2) is 0 Å². The summed E-state index contributed by atoms with van der Waals surface area (Å²) in [5.41, 5.74) is 0. The van der Waals surface area contributed by atoms with Crippen molar-refractivity contribution in [3.63, 3.8) is 0 Å². The predicted molar refractivity (Wildman–Crippen MR) is 37.6 cm³/mol. The zero-order valence-electron chi connectivity index (χ0n) is 5.95. The molecular formula is C7H12O3. The van der Waals surface area contributed by atoms with Gasteiger partial charge in [0.15, 0.2) is 0 Å². The first-order chi connectivity index (χ1) is 4.59. The fraction of sp³-hybridized carbons (Fsp3) is 0.571. The summed E-state index contributed by atoms with van der Waals surface area (Å²) in [5, 5.41) is 17.4. The molecule has 58 valence electrons. The minimum atomic E-state index is -0.977. The lowest BCUT2D eigenvalue weighted by atomic mass is 10.0. The van der Waals surface area contributed by atoms with Gasteiger partial charge in [0.1, 0.15) is 0 Å². The van der Waals surface area contributed by atoms with Crippen molar-refractivity contribution in [1.29, 1.82) is 0 Å². The van der Waals surface area contributed by atoms with E-state index in [1.807, 2.05) is 0 Å². The van der Waals surface area contributed by atoms with Crippen LogP contribution in [0.3, 0.4) is 0 Å². The Morgan fingerprint density at radius 2 is 2.30 bits per heavy atom. The second-order valence-corrected chi connectivity index (χ2v) is 2.22. The first-order valence-corrected chi connectivity index (χ1v) is 3.11. The summed E-state index contributed by atoms with van der Waals surface area (Å²) in [6.07, 6.45) is 1.02. The van der Waals surface area contributed by atoms with Gasteiger partial charge in [-0.2, -0.15) is 0 Å². The van der Waals surface area contributed by atoms with E-state index < -0.39 is 18.0 Å². The molecule has 10 heavy (non-hydrogen) atoms. The topological polar surface area (TPSA) is 57.5 Å². The van der Waals surface area contributed by atoms with Crippen LogP contribution in [0, 0.1) is 5.92 Å². The molecule has 0 aliphatic carbocycles. The smallest absolute Gasteiger partial charge is 0.308 e. The lowest BCUT2D eigenvalue weighted by Crippen LogP contribution is -2.24. The maximum Gasteiger partial charge on any atom is 0.308 e. The Bertz CT molecular complexity index is 131. The van der Waals surface area contributed by atoms with E-state index in [1.165, 1.54) is 13.0 Å². The number of aliphatic hydroxyl groups excluding tert-OH is 1. The number of aliphatic carboxylic acids is 1. The average Bonchev–Trinajstić information content (AvgIpc) is 1.87. The standard InChI is InChI=1S/C7H12O3/c1-3-4-6(8)5(2)7(9)10/h3,5-6,8H,1,4H2,2H3,(H,9,10)/t5?,6-/m1/s1. The molecule has 0 aliphatic rings. The lowest BCUT2D eigenvalue weighted by Gasteiger charge is -2.11. The van der Waals surface area contributed by atoms with E-state index in [2.05, 4.69) is 6.58 Å². The first kappa shape index (κ1) is 9.17. The number of aliphatic hydroxyl groups is 1. The molecule has 0 spiro atoms. The van der Waals surface area contributed by atoms with Crippen LogP contribution in [0.15, 0.2) is 12.7 Å². The lowest BCUT2D eigenvalue weighted by molar-refractivity contribution is -0.144. The van der Waals surface area contributed by atoms with Crippen LogP contribution in [-0.4, -0.2) is 22.3 Å². The SMILES string of the molecule is C=CC[C@@H](O)C(C)C(=O)O. The molecule has 0 rings (SSSR count). The summed E-state index contributed by atoms with van der Waals surface area (Å²) in [5.74, 6) is -1.69. The summed E-state index contributed by atoms with van der Waals surface area (Å²) in [6.45, 7) is 4.86. The molecule has 0 aromatic carbocycles. The zero-order valence-corrected chi connectivity index (χ0v) is 5.95. The molecular weight excluding hydrogens is 132 g/mol. The predicted octanol–water partition coefficient (Wildman–Crippen LogP) is 0.644. The van der Waals surface area contributed by atoms with Crippen LogP contribution < -0.4 is 0 Å². The van der Waals surface area contributed by atoms with E-state index in [9.17, 15) is 4.79 Å². The molecule has 0 radical (unpaired) electrons. The van der Waals surface area contributed by atoms with E-state index >= 15 is 0 Å². The molecule has 0 amide bonds. The van der Waals surface area contributed by atoms with Gasteiger partial charge in [-0.1, -0.05) is 6.08 Å². The van der Waals surface area contributed by atoms with Crippen molar-refractivity contribution < 1.29 is 15.0 Å². The molecule has 3 heteroatoms. The second kappa shape index (κ2) is 4.06. The normalized spacial score (nSPS) is 15.8. The third kappa shape index (κ3) is 2.64. The molecule has 0 aromatic rings. The highest BCUT2D eigenvalue weighted by molar-refractivity contribution is 5.70. The summed E-state index contributed by atoms with van der Waals surface area (Å²) in [6, 6.07) is 0. The van der Waals surface area contributed by atoms with Crippen molar-refractivity contribution in [3.8, 4) is 0 Å². The van der Waals surface area contributed by atoms with Crippen molar-refractivity contribution >= 4 is 5.97 Å². The van der Waals surface area contributed by atoms with Crippen molar-refractivity contribution in [2.45, 2.75) is 19.4 Å². The van der Waals surface area contributed by atoms with E-state index in [4.69, 9.17) is 10.2 Å². The van der Waals surface area contributed by atoms with Crippen LogP contribution in [0.5, 0.6) is 0 Å². The minimum Gasteiger partial charge on any atom is -0.481 e. The average molecular weight is 144 g/mol. The van der Waals surface area contributed by atoms with Crippen molar-refractivity contribution in [1.82, 2.24) is 0 Å². The Kier molecular flexibility index (Phi) is 3.72. The number of carboxylic acids is 1. The zero-order chi connectivity index (χ0) is 8.15. The van der Waals surface area contributed by atoms with Gasteiger partial charge in [-0.15, -0.1) is 6.58 Å². The number of hydrogen-bond acceptors (Lipinski definition) is 2. The molecule has 0 saturated heterocycles. The van der Waals surface area contributed by atoms with Gasteiger partial charge in [-0.3, -0.25) is 4.79 Å². The Labute approximate surface area is 60.0 Å². The number of carbonyl (C=O) groups is 1. The Balaban J connectivity index is 3.80. The van der Waals surface area contributed by atoms with Crippen LogP contribution in [0.1, 0.15) is 13.3 Å². The Morgan fingerprint density at radius 1 is 1.80 bits per heavy atom. The van der Waals surface area contributed by atoms with E-state index in [0.29, 0.717) is 6.42 Å². The number of carboxylic acid groups (broad SMARTS) is 1. The fourth-order valence-electron chi connectivity index (χ4n) is 0.539. The first-order valence-electron chi connectivity index (χ1n) is 3.11. The van der Waals surface area contributed by atoms with E-state index in [0.717, 1.165) is 0 Å². The Morgan fingerprint density at radius 3 is 2.60 bits per heavy atom. The number of hydrogen-bond donors (Lipinski definition) is 2. The second-order valence-electron chi connectivity index (χ2n) is 2.22. The molecule has 1 unspecified atom stereocenters. The van der Waals surface area contributed by atoms with Gasteiger partial charge < -0.3 is 10.2 Å². The minimum absolute atomic E-state index is 0.327. The van der Waals surface area contributed by atoms with Gasteiger partial charge in [0.25, 0.3) is 0 Å². The maximum absolute atomic E-state index is 10.2. The van der Waals surface area contributed by atoms with Crippen molar-refractivity contribution in [3.05, 3.63) is 12.7 Å². The molecule has 0 saturated carbocycles. The quantitative estimate of drug-likeness (QED) is 0.569. The van der Waals surface area contributed by atoms with E-state index in [-0.39, 0.29) is 0 Å². The summed E-state index contributed by atoms with van der Waals surface area (Å²) >= 11 is 0. The highest BCUT2D eigenvalue weighted by Gasteiger charge is 2.19. The third-order valence-corrected chi connectivity index (χ3v) is 1.37. The fourth-order valence-corrected chi connectivity index (χ4v) is 0.539. The van der Waals surface area contributed by atoms with E-state index in [1.54, 1.807) is 0 Å². The summed E-state index contributed by atoms with van der Waals surface area (Å²) in [7, 11) is 0. The van der Waals surface area contributed by atoms with Crippen LogP contribution in [0.25, 0.3) is 0 Å². The summed E-state index contributed by atoms with van der Waals surface area (Å²) < 4.78 is 0. The molecule has 0 bridgehead atoms. The monoisotopic (exact) mass is 144 g/mol. The molecule has 3 nitrogen and oxygen atoms in total. The van der Waals surface area contributed by atoms with Crippen LogP contribution in [0.2, 0.25) is 0 Å². The van der Waals surface area contributed by atoms with Crippen LogP contribution in [-0.2, 0) is 4.79 Å². The van der Waals surface area contributed by atoms with Gasteiger partial charge in [0.2, 0.25) is 0 Å². The van der Waals surface area contributed by atoms with Crippen LogP contribution >= 0.6 is 0 Å². The maximum atomic E-state index is 10.2. The summed E-state index contributed by atoms with van der Waals surface area (Å²) in [4.78, 5) is 10.2. The highest BCUT2D eigenvalue weighted by Crippen LogP contribution is 2.06. The van der Waals surface area contributed by atoms with Crippen LogP contribution in [0.4, 0.5) is 0 Å². The molecule has 0 aromatic heterocycles. The largest absolute Gasteiger partial charge is 0.481 e. The van der Waals surface area contributed by atoms with Gasteiger partial charge >= 0.3 is 5.97 Å². The molecule has 0 heterocycles. The molecule has 2 N–H and O–H groups in total. The van der Waals surface area contributed by atoms with Gasteiger partial charge in [-0.05, 0) is 13.3 Å². The van der Waals surface area contributed by atoms with Gasteiger partial charge in [0.05, 0.1) is 12.0 Å². The highest BCUT2D eigenvalue weighted by atomic mass is 16.4.